The van der Waals surface area contributed by atoms with E-state index in [9.17, 15) is 19.0 Å². The van der Waals surface area contributed by atoms with Crippen LogP contribution in [0.1, 0.15) is 149 Å². The Morgan fingerprint density at radius 1 is 0.660 bits per heavy atom. The quantitative estimate of drug-likeness (QED) is 0.0221. The molecule has 2 atom stereocenters. The molecule has 0 saturated heterocycles. The van der Waals surface area contributed by atoms with Gasteiger partial charge < -0.3 is 27.9 Å². The topological polar surface area (TPSA) is 111 Å². The summed E-state index contributed by atoms with van der Waals surface area (Å²) in [7, 11) is 1.16. The molecule has 276 valence electrons. The smallest absolute Gasteiger partial charge is 0.306 e. The number of carbonyl (C=O) groups excluding carboxylic acids is 2. The zero-order valence-electron chi connectivity index (χ0n) is 30.7. The minimum absolute atomic E-state index is 0.0311. The lowest BCUT2D eigenvalue weighted by atomic mass is 10.1. The van der Waals surface area contributed by atoms with Crippen molar-refractivity contribution >= 4 is 19.8 Å². The fraction of sp³-hybridized carbons (Fsp3) is 0.838. The van der Waals surface area contributed by atoms with E-state index < -0.39 is 32.5 Å². The zero-order valence-corrected chi connectivity index (χ0v) is 31.6. The van der Waals surface area contributed by atoms with Gasteiger partial charge in [-0.1, -0.05) is 115 Å². The summed E-state index contributed by atoms with van der Waals surface area (Å²) in [6.07, 6.45) is 29.8. The zero-order chi connectivity index (χ0) is 35.1. The van der Waals surface area contributed by atoms with Gasteiger partial charge in [0.15, 0.2) is 6.10 Å². The first-order chi connectivity index (χ1) is 22.5. The highest BCUT2D eigenvalue weighted by Crippen LogP contribution is 2.38. The fourth-order valence-electron chi connectivity index (χ4n) is 4.74. The summed E-state index contributed by atoms with van der Waals surface area (Å²) in [4.78, 5) is 36.9. The molecule has 0 amide bonds. The minimum Gasteiger partial charge on any atom is -0.756 e. The van der Waals surface area contributed by atoms with Crippen LogP contribution in [0.5, 0.6) is 0 Å². The maximum Gasteiger partial charge on any atom is 0.306 e. The third kappa shape index (κ3) is 34.2. The monoisotopic (exact) mass is 687 g/mol. The number of esters is 2. The Kier molecular flexibility index (Phi) is 29.6. The van der Waals surface area contributed by atoms with E-state index in [1.54, 1.807) is 0 Å². The molecular weight excluding hydrogens is 617 g/mol. The molecule has 0 aromatic heterocycles. The van der Waals surface area contributed by atoms with Crippen LogP contribution >= 0.6 is 7.82 Å². The lowest BCUT2D eigenvalue weighted by Crippen LogP contribution is -2.37. The molecule has 0 spiro atoms. The van der Waals surface area contributed by atoms with Gasteiger partial charge in [0.05, 0.1) is 27.7 Å². The Morgan fingerprint density at radius 2 is 1.15 bits per heavy atom. The van der Waals surface area contributed by atoms with Gasteiger partial charge in [-0.3, -0.25) is 14.2 Å². The Balaban J connectivity index is 4.22. The molecule has 0 fully saturated rings. The average molecular weight is 688 g/mol. The van der Waals surface area contributed by atoms with Crippen LogP contribution in [0.2, 0.25) is 0 Å². The van der Waals surface area contributed by atoms with E-state index >= 15 is 0 Å². The van der Waals surface area contributed by atoms with Crippen LogP contribution in [0.15, 0.2) is 24.3 Å². The minimum atomic E-state index is -4.60. The van der Waals surface area contributed by atoms with E-state index in [1.807, 2.05) is 21.1 Å². The second kappa shape index (κ2) is 30.5. The first-order valence-corrected chi connectivity index (χ1v) is 20.0. The molecule has 9 nitrogen and oxygen atoms in total. The average Bonchev–Trinajstić information content (AvgIpc) is 3.01. The second-order valence-electron chi connectivity index (χ2n) is 13.6. The summed E-state index contributed by atoms with van der Waals surface area (Å²) in [6, 6.07) is 0. The van der Waals surface area contributed by atoms with Crippen LogP contribution in [0, 0.1) is 0 Å². The van der Waals surface area contributed by atoms with Crippen LogP contribution in [-0.4, -0.2) is 70.0 Å². The fourth-order valence-corrected chi connectivity index (χ4v) is 5.47. The number of carbonyl (C=O) groups is 2. The van der Waals surface area contributed by atoms with Crippen molar-refractivity contribution in [3.8, 4) is 0 Å². The van der Waals surface area contributed by atoms with Gasteiger partial charge in [-0.15, -0.1) is 0 Å². The summed E-state index contributed by atoms with van der Waals surface area (Å²) in [5.41, 5.74) is 0. The first kappa shape index (κ1) is 45.5. The van der Waals surface area contributed by atoms with Gasteiger partial charge in [0.1, 0.15) is 19.8 Å². The predicted molar refractivity (Wildman–Crippen MR) is 190 cm³/mol. The number of quaternary nitrogens is 1. The number of likely N-dealkylation sites (N-methyl/N-ethyl adjacent to an activating group) is 1. The Hall–Kier alpha value is -1.51. The van der Waals surface area contributed by atoms with Crippen molar-refractivity contribution in [1.29, 1.82) is 0 Å². The summed E-state index contributed by atoms with van der Waals surface area (Å²) in [6.45, 7) is 4.04. The molecule has 0 aromatic rings. The number of phosphoric acid groups is 1. The molecule has 0 radical (unpaired) electrons. The van der Waals surface area contributed by atoms with E-state index in [-0.39, 0.29) is 26.1 Å². The molecule has 0 aromatic carbocycles. The van der Waals surface area contributed by atoms with Crippen molar-refractivity contribution in [1.82, 2.24) is 0 Å². The number of ether oxygens (including phenoxy) is 2. The largest absolute Gasteiger partial charge is 0.756 e. The first-order valence-electron chi connectivity index (χ1n) is 18.5. The molecular formula is C37H70NO8P. The molecule has 10 heteroatoms. The number of hydrogen-bond acceptors (Lipinski definition) is 8. The number of phosphoric ester groups is 1. The van der Waals surface area contributed by atoms with Gasteiger partial charge >= 0.3 is 11.9 Å². The van der Waals surface area contributed by atoms with E-state index in [0.29, 0.717) is 17.4 Å². The van der Waals surface area contributed by atoms with Crippen LogP contribution in [0.25, 0.3) is 0 Å². The molecule has 0 rings (SSSR count). The molecule has 0 bridgehead atoms. The van der Waals surface area contributed by atoms with Crippen LogP contribution in [0.4, 0.5) is 0 Å². The highest BCUT2D eigenvalue weighted by Gasteiger charge is 2.21. The number of nitrogens with zero attached hydrogens (tertiary/aromatic N) is 1. The Morgan fingerprint density at radius 3 is 1.72 bits per heavy atom. The van der Waals surface area contributed by atoms with Crippen molar-refractivity contribution in [2.45, 2.75) is 155 Å². The summed E-state index contributed by atoms with van der Waals surface area (Å²) in [5, 5.41) is 0. The van der Waals surface area contributed by atoms with Gasteiger partial charge in [-0.2, -0.15) is 0 Å². The molecule has 0 aliphatic heterocycles. The maximum absolute atomic E-state index is 12.5. The van der Waals surface area contributed by atoms with Gasteiger partial charge in [0.25, 0.3) is 7.82 Å². The molecule has 0 heterocycles. The SMILES string of the molecule is CCCCC/C=C\C/C=C\CCCCCCCCCCCC(=O)OC(COC(=O)CCCCCC)COP(=O)([O-])OCC[N+](C)(C)C. The number of unbranched alkanes of at least 4 members (excludes halogenated alkanes) is 15. The van der Waals surface area contributed by atoms with Crippen LogP contribution < -0.4 is 4.89 Å². The van der Waals surface area contributed by atoms with Crippen molar-refractivity contribution in [2.75, 3.05) is 47.5 Å². The van der Waals surface area contributed by atoms with Crippen LogP contribution in [-0.2, 0) is 32.7 Å². The lowest BCUT2D eigenvalue weighted by Gasteiger charge is -2.28. The van der Waals surface area contributed by atoms with Gasteiger partial charge in [-0.25, -0.2) is 0 Å². The highest BCUT2D eigenvalue weighted by atomic mass is 31.2. The second-order valence-corrected chi connectivity index (χ2v) is 15.0. The van der Waals surface area contributed by atoms with E-state index in [1.165, 1.54) is 57.8 Å². The summed E-state index contributed by atoms with van der Waals surface area (Å²) >= 11 is 0. The van der Waals surface area contributed by atoms with E-state index in [2.05, 4.69) is 38.2 Å². The third-order valence-electron chi connectivity index (χ3n) is 7.72. The summed E-state index contributed by atoms with van der Waals surface area (Å²) < 4.78 is 33.5. The lowest BCUT2D eigenvalue weighted by molar-refractivity contribution is -0.870. The number of rotatable bonds is 33. The number of hydrogen-bond donors (Lipinski definition) is 0. The summed E-state index contributed by atoms with van der Waals surface area (Å²) in [5.74, 6) is -0.860. The Labute approximate surface area is 288 Å². The maximum atomic E-state index is 12.5. The van der Waals surface area contributed by atoms with Gasteiger partial charge in [0, 0.05) is 12.8 Å². The number of allylic oxidation sites excluding steroid dienone is 4. The van der Waals surface area contributed by atoms with Crippen molar-refractivity contribution in [3.63, 3.8) is 0 Å². The van der Waals surface area contributed by atoms with E-state index in [0.717, 1.165) is 57.8 Å². The van der Waals surface area contributed by atoms with E-state index in [4.69, 9.17) is 18.5 Å². The van der Waals surface area contributed by atoms with Gasteiger partial charge in [-0.05, 0) is 44.9 Å². The molecule has 0 saturated carbocycles. The van der Waals surface area contributed by atoms with Crippen molar-refractivity contribution < 1.29 is 42.1 Å². The Bertz CT molecular complexity index is 871. The predicted octanol–water partition coefficient (Wildman–Crippen LogP) is 8.99. The molecule has 2 unspecified atom stereocenters. The van der Waals surface area contributed by atoms with Crippen molar-refractivity contribution in [3.05, 3.63) is 24.3 Å². The normalized spacial score (nSPS) is 14.1. The highest BCUT2D eigenvalue weighted by molar-refractivity contribution is 7.45. The molecule has 0 aliphatic carbocycles. The third-order valence-corrected chi connectivity index (χ3v) is 8.69. The van der Waals surface area contributed by atoms with Crippen LogP contribution in [0.3, 0.4) is 0 Å². The van der Waals surface area contributed by atoms with Gasteiger partial charge in [0.2, 0.25) is 0 Å². The standard InChI is InChI=1S/C37H70NO8P/c1-6-8-10-12-13-14-15-16-17-18-19-20-21-22-23-24-25-26-28-30-37(40)46-35(33-43-36(39)29-27-11-9-7-2)34-45-47(41,42)44-32-31-38(3,4)5/h13-14,16-17,35H,6-12,15,18-34H2,1-5H3/b14-13-,17-16-. The molecule has 0 aliphatic rings. The molecule has 0 N–H and O–H groups in total. The van der Waals surface area contributed by atoms with Crippen molar-refractivity contribution in [2.24, 2.45) is 0 Å². The molecule has 47 heavy (non-hydrogen) atoms.